The van der Waals surface area contributed by atoms with Crippen LogP contribution in [0, 0.1) is 0 Å². The van der Waals surface area contributed by atoms with Crippen LogP contribution in [0.15, 0.2) is 59.1 Å². The fourth-order valence-corrected chi connectivity index (χ4v) is 3.54. The number of amides is 2. The van der Waals surface area contributed by atoms with Crippen molar-refractivity contribution in [1.82, 2.24) is 10.2 Å². The van der Waals surface area contributed by atoms with Gasteiger partial charge in [-0.05, 0) is 22.3 Å². The van der Waals surface area contributed by atoms with Crippen LogP contribution in [-0.2, 0) is 14.4 Å². The Labute approximate surface area is 182 Å². The minimum absolute atomic E-state index is 0.0972. The standard InChI is InChI=1S/C22H19N3O7/c1-25(31-12-20(26)27)21(28)18-10-19(32-24-18)23-22(29)30-11-17-15-8-4-2-6-13(15)14-7-3-5-9-16(14)17/h2-10,17H,11-12H2,1H3,(H,23,29)(H,26,27). The molecule has 0 bridgehead atoms. The zero-order chi connectivity index (χ0) is 22.7. The van der Waals surface area contributed by atoms with Crippen molar-refractivity contribution in [1.29, 1.82) is 0 Å². The number of hydrogen-bond donors (Lipinski definition) is 2. The summed E-state index contributed by atoms with van der Waals surface area (Å²) in [4.78, 5) is 39.7. The molecule has 10 nitrogen and oxygen atoms in total. The fraction of sp³-hybridized carbons (Fsp3) is 0.182. The monoisotopic (exact) mass is 437 g/mol. The molecule has 1 aromatic heterocycles. The van der Waals surface area contributed by atoms with E-state index >= 15 is 0 Å². The molecule has 0 aliphatic heterocycles. The zero-order valence-corrected chi connectivity index (χ0v) is 17.0. The largest absolute Gasteiger partial charge is 0.479 e. The lowest BCUT2D eigenvalue weighted by molar-refractivity contribution is -0.159. The van der Waals surface area contributed by atoms with Gasteiger partial charge in [0.15, 0.2) is 12.3 Å². The Morgan fingerprint density at radius 1 is 1.09 bits per heavy atom. The molecule has 0 radical (unpaired) electrons. The SMILES string of the molecule is CN(OCC(=O)O)C(=O)c1cc(NC(=O)OCC2c3ccccc3-c3ccccc32)on1. The Kier molecular flexibility index (Phi) is 5.86. The van der Waals surface area contributed by atoms with Crippen LogP contribution in [0.2, 0.25) is 0 Å². The second-order valence-electron chi connectivity index (χ2n) is 7.00. The topological polar surface area (TPSA) is 131 Å². The Hall–Kier alpha value is -4.18. The van der Waals surface area contributed by atoms with Crippen molar-refractivity contribution < 1.29 is 33.6 Å². The van der Waals surface area contributed by atoms with Crippen molar-refractivity contribution in [2.45, 2.75) is 5.92 Å². The number of benzene rings is 2. The third kappa shape index (κ3) is 4.30. The lowest BCUT2D eigenvalue weighted by Gasteiger charge is -2.14. The molecule has 0 fully saturated rings. The van der Waals surface area contributed by atoms with Crippen LogP contribution in [0.25, 0.3) is 11.1 Å². The Bertz CT molecular complexity index is 1130. The molecular formula is C22H19N3O7. The molecule has 0 unspecified atom stereocenters. The summed E-state index contributed by atoms with van der Waals surface area (Å²) in [5.74, 6) is -2.17. The summed E-state index contributed by atoms with van der Waals surface area (Å²) in [5, 5.41) is 15.2. The number of hydrogen-bond acceptors (Lipinski definition) is 7. The molecule has 3 aromatic rings. The molecule has 10 heteroatoms. The van der Waals surface area contributed by atoms with E-state index in [0.717, 1.165) is 22.3 Å². The van der Waals surface area contributed by atoms with Gasteiger partial charge in [0, 0.05) is 19.0 Å². The van der Waals surface area contributed by atoms with Gasteiger partial charge in [0.05, 0.1) is 0 Å². The van der Waals surface area contributed by atoms with Gasteiger partial charge in [-0.1, -0.05) is 53.7 Å². The maximum Gasteiger partial charge on any atom is 0.414 e. The predicted octanol–water partition coefficient (Wildman–Crippen LogP) is 3.12. The fourth-order valence-electron chi connectivity index (χ4n) is 3.54. The number of nitrogens with one attached hydrogen (secondary N) is 1. The second kappa shape index (κ2) is 8.90. The van der Waals surface area contributed by atoms with Crippen LogP contribution >= 0.6 is 0 Å². The maximum atomic E-state index is 12.3. The highest BCUT2D eigenvalue weighted by Crippen LogP contribution is 2.44. The quantitative estimate of drug-likeness (QED) is 0.539. The van der Waals surface area contributed by atoms with Crippen molar-refractivity contribution in [2.24, 2.45) is 0 Å². The van der Waals surface area contributed by atoms with Crippen LogP contribution in [-0.4, -0.2) is 53.6 Å². The van der Waals surface area contributed by atoms with Crippen LogP contribution < -0.4 is 5.32 Å². The molecule has 4 rings (SSSR count). The highest BCUT2D eigenvalue weighted by atomic mass is 16.7. The minimum Gasteiger partial charge on any atom is -0.479 e. The van der Waals surface area contributed by atoms with Gasteiger partial charge in [-0.2, -0.15) is 0 Å². The lowest BCUT2D eigenvalue weighted by Crippen LogP contribution is -2.29. The highest BCUT2D eigenvalue weighted by molar-refractivity contribution is 5.93. The molecule has 1 aliphatic rings. The summed E-state index contributed by atoms with van der Waals surface area (Å²) >= 11 is 0. The number of aromatic nitrogens is 1. The van der Waals surface area contributed by atoms with Crippen molar-refractivity contribution in [3.8, 4) is 11.1 Å². The number of carbonyl (C=O) groups is 3. The van der Waals surface area contributed by atoms with E-state index in [9.17, 15) is 14.4 Å². The van der Waals surface area contributed by atoms with E-state index in [-0.39, 0.29) is 24.1 Å². The molecular weight excluding hydrogens is 418 g/mol. The molecule has 1 aliphatic carbocycles. The van der Waals surface area contributed by atoms with Gasteiger partial charge in [0.25, 0.3) is 5.91 Å². The smallest absolute Gasteiger partial charge is 0.414 e. The molecule has 0 atom stereocenters. The first-order valence-corrected chi connectivity index (χ1v) is 9.65. The van der Waals surface area contributed by atoms with Crippen LogP contribution in [0.4, 0.5) is 10.7 Å². The average Bonchev–Trinajstić information content (AvgIpc) is 3.38. The molecule has 2 N–H and O–H groups in total. The zero-order valence-electron chi connectivity index (χ0n) is 17.0. The number of carbonyl (C=O) groups excluding carboxylic acids is 2. The average molecular weight is 437 g/mol. The van der Waals surface area contributed by atoms with E-state index in [1.165, 1.54) is 13.1 Å². The van der Waals surface area contributed by atoms with Crippen molar-refractivity contribution in [3.05, 3.63) is 71.4 Å². The number of hydroxylamine groups is 2. The Balaban J connectivity index is 1.36. The summed E-state index contributed by atoms with van der Waals surface area (Å²) in [6.45, 7) is -0.573. The number of carboxylic acid groups (broad SMARTS) is 1. The Morgan fingerprint density at radius 3 is 2.34 bits per heavy atom. The van der Waals surface area contributed by atoms with Gasteiger partial charge in [-0.3, -0.25) is 14.9 Å². The number of carboxylic acids is 1. The van der Waals surface area contributed by atoms with E-state index < -0.39 is 24.6 Å². The number of nitrogens with zero attached hydrogens (tertiary/aromatic N) is 2. The van der Waals surface area contributed by atoms with Crippen molar-refractivity contribution in [3.63, 3.8) is 0 Å². The van der Waals surface area contributed by atoms with Crippen molar-refractivity contribution >= 4 is 23.9 Å². The molecule has 0 saturated heterocycles. The van der Waals surface area contributed by atoms with E-state index in [4.69, 9.17) is 19.2 Å². The first-order valence-electron chi connectivity index (χ1n) is 9.65. The molecule has 164 valence electrons. The van der Waals surface area contributed by atoms with Crippen LogP contribution in [0.5, 0.6) is 0 Å². The highest BCUT2D eigenvalue weighted by Gasteiger charge is 2.29. The van der Waals surface area contributed by atoms with E-state index in [0.29, 0.717) is 5.06 Å². The second-order valence-corrected chi connectivity index (χ2v) is 7.00. The lowest BCUT2D eigenvalue weighted by atomic mass is 9.98. The summed E-state index contributed by atoms with van der Waals surface area (Å²) < 4.78 is 10.3. The molecule has 0 saturated carbocycles. The van der Waals surface area contributed by atoms with Gasteiger partial charge in [0.2, 0.25) is 5.88 Å². The van der Waals surface area contributed by atoms with Gasteiger partial charge < -0.3 is 14.4 Å². The first-order chi connectivity index (χ1) is 15.4. The predicted molar refractivity (Wildman–Crippen MR) is 111 cm³/mol. The minimum atomic E-state index is -1.23. The normalized spacial score (nSPS) is 12.0. The Morgan fingerprint density at radius 2 is 1.72 bits per heavy atom. The molecule has 32 heavy (non-hydrogen) atoms. The molecule has 2 aromatic carbocycles. The first kappa shape index (κ1) is 21.1. The van der Waals surface area contributed by atoms with Crippen LogP contribution in [0.1, 0.15) is 27.5 Å². The molecule has 1 heterocycles. The number of anilines is 1. The number of aliphatic carboxylic acids is 1. The number of ether oxygens (including phenoxy) is 1. The van der Waals surface area contributed by atoms with Gasteiger partial charge >= 0.3 is 12.1 Å². The molecule has 0 spiro atoms. The van der Waals surface area contributed by atoms with Crippen molar-refractivity contribution in [2.75, 3.05) is 25.6 Å². The summed E-state index contributed by atoms with van der Waals surface area (Å²) in [6.07, 6.45) is -0.766. The summed E-state index contributed by atoms with van der Waals surface area (Å²) in [5.41, 5.74) is 4.22. The third-order valence-electron chi connectivity index (χ3n) is 4.97. The summed E-state index contributed by atoms with van der Waals surface area (Å²) in [7, 11) is 1.23. The van der Waals surface area contributed by atoms with Gasteiger partial charge in [-0.25, -0.2) is 14.7 Å². The van der Waals surface area contributed by atoms with Gasteiger partial charge in [-0.15, -0.1) is 0 Å². The third-order valence-corrected chi connectivity index (χ3v) is 4.97. The van der Waals surface area contributed by atoms with E-state index in [1.807, 2.05) is 48.5 Å². The molecule has 2 amide bonds. The number of rotatable bonds is 7. The van der Waals surface area contributed by atoms with Gasteiger partial charge in [0.1, 0.15) is 6.61 Å². The summed E-state index contributed by atoms with van der Waals surface area (Å²) in [6, 6.07) is 17.1. The van der Waals surface area contributed by atoms with E-state index in [1.54, 1.807) is 0 Å². The number of fused-ring (bicyclic) bond motifs is 3. The van der Waals surface area contributed by atoms with E-state index in [2.05, 4.69) is 10.5 Å². The maximum absolute atomic E-state index is 12.3. The van der Waals surface area contributed by atoms with Crippen LogP contribution in [0.3, 0.4) is 0 Å².